The summed E-state index contributed by atoms with van der Waals surface area (Å²) in [6.45, 7) is 4.16. The zero-order valence-corrected chi connectivity index (χ0v) is 12.9. The van der Waals surface area contributed by atoms with Crippen LogP contribution in [0, 0.1) is 0 Å². The largest absolute Gasteiger partial charge is 0.468 e. The van der Waals surface area contributed by atoms with Crippen LogP contribution in [0.2, 0.25) is 0 Å². The number of hydrogen-bond acceptors (Lipinski definition) is 4. The molecule has 6 nitrogen and oxygen atoms in total. The first-order valence-electron chi connectivity index (χ1n) is 8.22. The van der Waals surface area contributed by atoms with Crippen molar-refractivity contribution in [2.24, 2.45) is 0 Å². The molecule has 3 rings (SSSR count). The molecule has 0 saturated carbocycles. The normalized spacial score (nSPS) is 21.6. The van der Waals surface area contributed by atoms with Crippen LogP contribution in [0.4, 0.5) is 4.79 Å². The van der Waals surface area contributed by atoms with Gasteiger partial charge >= 0.3 is 6.03 Å². The third-order valence-corrected chi connectivity index (χ3v) is 4.47. The second kappa shape index (κ2) is 7.65. The smallest absolute Gasteiger partial charge is 0.315 e. The number of furan rings is 1. The van der Waals surface area contributed by atoms with Crippen LogP contribution in [0.5, 0.6) is 0 Å². The number of hydrogen-bond donors (Lipinski definition) is 2. The number of carbonyl (C=O) groups is 1. The van der Waals surface area contributed by atoms with E-state index in [1.165, 1.54) is 12.8 Å². The summed E-state index contributed by atoms with van der Waals surface area (Å²) in [5, 5.41) is 6.03. The topological polar surface area (TPSA) is 66.7 Å². The molecule has 122 valence electrons. The van der Waals surface area contributed by atoms with Gasteiger partial charge in [0, 0.05) is 25.8 Å². The molecule has 3 heterocycles. The molecule has 0 aliphatic carbocycles. The van der Waals surface area contributed by atoms with Crippen molar-refractivity contribution in [3.8, 4) is 0 Å². The van der Waals surface area contributed by atoms with E-state index >= 15 is 0 Å². The Bertz CT molecular complexity index is 451. The number of urea groups is 1. The molecule has 0 aromatic carbocycles. The van der Waals surface area contributed by atoms with Crippen LogP contribution in [0.15, 0.2) is 22.8 Å². The van der Waals surface area contributed by atoms with E-state index in [-0.39, 0.29) is 18.1 Å². The van der Waals surface area contributed by atoms with Crippen molar-refractivity contribution >= 4 is 6.03 Å². The van der Waals surface area contributed by atoms with E-state index in [1.54, 1.807) is 6.26 Å². The molecular weight excluding hydrogens is 282 g/mol. The average molecular weight is 307 g/mol. The zero-order chi connectivity index (χ0) is 15.2. The van der Waals surface area contributed by atoms with Crippen LogP contribution in [-0.4, -0.2) is 49.8 Å². The van der Waals surface area contributed by atoms with Crippen molar-refractivity contribution < 1.29 is 13.9 Å². The molecule has 0 radical (unpaired) electrons. The number of carbonyl (C=O) groups excluding carboxylic acids is 1. The van der Waals surface area contributed by atoms with E-state index in [1.807, 2.05) is 12.1 Å². The monoisotopic (exact) mass is 307 g/mol. The van der Waals surface area contributed by atoms with Gasteiger partial charge in [-0.3, -0.25) is 4.90 Å². The van der Waals surface area contributed by atoms with Crippen LogP contribution in [-0.2, 0) is 4.74 Å². The SMILES string of the molecule is O=C(NCC(c1ccco1)N1CCCC1)NC1CCOCC1. The van der Waals surface area contributed by atoms with E-state index < -0.39 is 0 Å². The fourth-order valence-electron chi connectivity index (χ4n) is 3.21. The van der Waals surface area contributed by atoms with E-state index in [9.17, 15) is 4.79 Å². The van der Waals surface area contributed by atoms with Crippen molar-refractivity contribution in [2.45, 2.75) is 37.8 Å². The fourth-order valence-corrected chi connectivity index (χ4v) is 3.21. The summed E-state index contributed by atoms with van der Waals surface area (Å²) in [6.07, 6.45) is 5.90. The molecule has 2 aliphatic heterocycles. The number of rotatable bonds is 5. The van der Waals surface area contributed by atoms with Crippen LogP contribution in [0.25, 0.3) is 0 Å². The molecule has 1 aromatic heterocycles. The second-order valence-electron chi connectivity index (χ2n) is 6.02. The summed E-state index contributed by atoms with van der Waals surface area (Å²) < 4.78 is 10.9. The van der Waals surface area contributed by atoms with Gasteiger partial charge in [0.05, 0.1) is 12.3 Å². The average Bonchev–Trinajstić information content (AvgIpc) is 3.22. The van der Waals surface area contributed by atoms with Crippen molar-refractivity contribution in [2.75, 3.05) is 32.8 Å². The van der Waals surface area contributed by atoms with Gasteiger partial charge in [-0.05, 0) is 50.9 Å². The third kappa shape index (κ3) is 4.01. The molecule has 1 atom stereocenters. The second-order valence-corrected chi connectivity index (χ2v) is 6.02. The van der Waals surface area contributed by atoms with Crippen molar-refractivity contribution in [3.63, 3.8) is 0 Å². The van der Waals surface area contributed by atoms with E-state index in [0.717, 1.165) is 44.9 Å². The van der Waals surface area contributed by atoms with Gasteiger partial charge in [0.2, 0.25) is 0 Å². The van der Waals surface area contributed by atoms with Crippen molar-refractivity contribution in [1.82, 2.24) is 15.5 Å². The molecule has 2 saturated heterocycles. The molecular formula is C16H25N3O3. The van der Waals surface area contributed by atoms with Gasteiger partial charge in [0.1, 0.15) is 5.76 Å². The number of nitrogens with one attached hydrogen (secondary N) is 2. The van der Waals surface area contributed by atoms with Crippen molar-refractivity contribution in [1.29, 1.82) is 0 Å². The molecule has 0 spiro atoms. The lowest BCUT2D eigenvalue weighted by Crippen LogP contribution is -2.46. The highest BCUT2D eigenvalue weighted by molar-refractivity contribution is 5.74. The predicted molar refractivity (Wildman–Crippen MR) is 82.6 cm³/mol. The number of amides is 2. The number of likely N-dealkylation sites (tertiary alicyclic amines) is 1. The minimum Gasteiger partial charge on any atom is -0.468 e. The molecule has 22 heavy (non-hydrogen) atoms. The highest BCUT2D eigenvalue weighted by atomic mass is 16.5. The van der Waals surface area contributed by atoms with Crippen LogP contribution in [0.3, 0.4) is 0 Å². The number of nitrogens with zero attached hydrogens (tertiary/aromatic N) is 1. The van der Waals surface area contributed by atoms with Gasteiger partial charge in [-0.25, -0.2) is 4.79 Å². The third-order valence-electron chi connectivity index (χ3n) is 4.47. The van der Waals surface area contributed by atoms with Gasteiger partial charge in [-0.15, -0.1) is 0 Å². The lowest BCUT2D eigenvalue weighted by Gasteiger charge is -2.27. The van der Waals surface area contributed by atoms with E-state index in [0.29, 0.717) is 6.54 Å². The standard InChI is InChI=1S/C16H25N3O3/c20-16(18-13-5-10-21-11-6-13)17-12-14(15-4-3-9-22-15)19-7-1-2-8-19/h3-4,9,13-14H,1-2,5-8,10-12H2,(H2,17,18,20). The van der Waals surface area contributed by atoms with E-state index in [2.05, 4.69) is 15.5 Å². The maximum Gasteiger partial charge on any atom is 0.315 e. The molecule has 1 unspecified atom stereocenters. The molecule has 1 aromatic rings. The Labute approximate surface area is 131 Å². The quantitative estimate of drug-likeness (QED) is 0.872. The van der Waals surface area contributed by atoms with Gasteiger partial charge in [0.15, 0.2) is 0 Å². The van der Waals surface area contributed by atoms with Gasteiger partial charge < -0.3 is 19.8 Å². The summed E-state index contributed by atoms with van der Waals surface area (Å²) in [5.74, 6) is 0.924. The lowest BCUT2D eigenvalue weighted by atomic mass is 10.1. The maximum atomic E-state index is 12.1. The minimum absolute atomic E-state index is 0.0948. The first-order chi connectivity index (χ1) is 10.8. The fraction of sp³-hybridized carbons (Fsp3) is 0.688. The lowest BCUT2D eigenvalue weighted by molar-refractivity contribution is 0.0799. The minimum atomic E-state index is -0.0948. The summed E-state index contributed by atoms with van der Waals surface area (Å²) in [4.78, 5) is 14.5. The summed E-state index contributed by atoms with van der Waals surface area (Å²) in [6, 6.07) is 4.14. The first-order valence-corrected chi connectivity index (χ1v) is 8.22. The Kier molecular flexibility index (Phi) is 5.34. The summed E-state index contributed by atoms with van der Waals surface area (Å²) >= 11 is 0. The Balaban J connectivity index is 1.51. The Morgan fingerprint density at radius 3 is 2.77 bits per heavy atom. The predicted octanol–water partition coefficient (Wildman–Crippen LogP) is 1.89. The Hall–Kier alpha value is -1.53. The molecule has 6 heteroatoms. The highest BCUT2D eigenvalue weighted by Gasteiger charge is 2.26. The Morgan fingerprint density at radius 2 is 2.09 bits per heavy atom. The van der Waals surface area contributed by atoms with Crippen molar-refractivity contribution in [3.05, 3.63) is 24.2 Å². The number of ether oxygens (including phenoxy) is 1. The van der Waals surface area contributed by atoms with Crippen LogP contribution >= 0.6 is 0 Å². The zero-order valence-electron chi connectivity index (χ0n) is 12.9. The summed E-state index contributed by atoms with van der Waals surface area (Å²) in [7, 11) is 0. The van der Waals surface area contributed by atoms with Crippen LogP contribution in [0.1, 0.15) is 37.5 Å². The first kappa shape index (κ1) is 15.4. The molecule has 0 bridgehead atoms. The van der Waals surface area contributed by atoms with Gasteiger partial charge in [0.25, 0.3) is 0 Å². The van der Waals surface area contributed by atoms with E-state index in [4.69, 9.17) is 9.15 Å². The van der Waals surface area contributed by atoms with Gasteiger partial charge in [-0.1, -0.05) is 0 Å². The Morgan fingerprint density at radius 1 is 1.32 bits per heavy atom. The molecule has 2 aliphatic rings. The maximum absolute atomic E-state index is 12.1. The summed E-state index contributed by atoms with van der Waals surface area (Å²) in [5.41, 5.74) is 0. The molecule has 2 amide bonds. The molecule has 2 N–H and O–H groups in total. The van der Waals surface area contributed by atoms with Gasteiger partial charge in [-0.2, -0.15) is 0 Å². The molecule has 2 fully saturated rings. The van der Waals surface area contributed by atoms with Crippen LogP contribution < -0.4 is 10.6 Å². The highest BCUT2D eigenvalue weighted by Crippen LogP contribution is 2.24.